The Kier molecular flexibility index (Phi) is 4.34. The first-order valence-electron chi connectivity index (χ1n) is 8.60. The summed E-state index contributed by atoms with van der Waals surface area (Å²) in [6.07, 6.45) is 8.09. The third-order valence-corrected chi connectivity index (χ3v) is 4.86. The van der Waals surface area contributed by atoms with Gasteiger partial charge in [-0.05, 0) is 25.7 Å². The van der Waals surface area contributed by atoms with Crippen molar-refractivity contribution < 1.29 is 9.26 Å². The van der Waals surface area contributed by atoms with E-state index in [2.05, 4.69) is 24.9 Å². The van der Waals surface area contributed by atoms with Gasteiger partial charge in [0.05, 0.1) is 19.9 Å². The maximum atomic E-state index is 5.27. The van der Waals surface area contributed by atoms with Gasteiger partial charge in [0.15, 0.2) is 5.76 Å². The van der Waals surface area contributed by atoms with Gasteiger partial charge in [-0.25, -0.2) is 9.97 Å². The van der Waals surface area contributed by atoms with Gasteiger partial charge >= 0.3 is 0 Å². The smallest absolute Gasteiger partial charge is 0.218 e. The summed E-state index contributed by atoms with van der Waals surface area (Å²) < 4.78 is 10.5. The molecule has 0 aromatic carbocycles. The maximum Gasteiger partial charge on any atom is 0.218 e. The van der Waals surface area contributed by atoms with Crippen molar-refractivity contribution in [2.75, 3.05) is 25.1 Å². The van der Waals surface area contributed by atoms with Crippen LogP contribution in [0.15, 0.2) is 29.2 Å². The van der Waals surface area contributed by atoms with E-state index in [1.807, 2.05) is 12.1 Å². The van der Waals surface area contributed by atoms with Gasteiger partial charge in [0.2, 0.25) is 5.88 Å². The molecule has 7 heteroatoms. The molecule has 3 heterocycles. The highest BCUT2D eigenvalue weighted by molar-refractivity contribution is 5.45. The molecule has 128 valence electrons. The van der Waals surface area contributed by atoms with Crippen LogP contribution in [0.5, 0.6) is 5.88 Å². The van der Waals surface area contributed by atoms with Crippen molar-refractivity contribution >= 4 is 5.82 Å². The fourth-order valence-corrected chi connectivity index (χ4v) is 3.51. The highest BCUT2D eigenvalue weighted by Crippen LogP contribution is 2.36. The minimum Gasteiger partial charge on any atom is -0.481 e. The molecule has 7 nitrogen and oxygen atoms in total. The van der Waals surface area contributed by atoms with Gasteiger partial charge in [0.25, 0.3) is 0 Å². The third kappa shape index (κ3) is 3.36. The van der Waals surface area contributed by atoms with E-state index in [9.17, 15) is 0 Å². The molecule has 4 rings (SSSR count). The van der Waals surface area contributed by atoms with Crippen molar-refractivity contribution in [1.29, 1.82) is 0 Å². The van der Waals surface area contributed by atoms with E-state index in [4.69, 9.17) is 9.26 Å². The lowest BCUT2D eigenvalue weighted by atomic mass is 10.0. The van der Waals surface area contributed by atoms with Gasteiger partial charge in [-0.15, -0.1) is 0 Å². The number of anilines is 1. The summed E-state index contributed by atoms with van der Waals surface area (Å²) in [5.74, 6) is 2.57. The molecule has 2 aliphatic rings. The van der Waals surface area contributed by atoms with Gasteiger partial charge in [-0.3, -0.25) is 4.90 Å². The fourth-order valence-electron chi connectivity index (χ4n) is 3.51. The molecule has 0 spiro atoms. The van der Waals surface area contributed by atoms with Crippen molar-refractivity contribution in [3.05, 3.63) is 30.4 Å². The Morgan fingerprint density at radius 3 is 2.67 bits per heavy atom. The topological polar surface area (TPSA) is 67.5 Å². The standard InChI is InChI=1S/C17H23N5O2/c1-23-17-10-16(18-12-19-17)22(13-2-3-13)14-5-8-21(9-6-14)11-15-4-7-20-24-15/h4,7,10,12-14H,2-3,5-6,8-9,11H2,1H3. The largest absolute Gasteiger partial charge is 0.481 e. The maximum absolute atomic E-state index is 5.27. The van der Waals surface area contributed by atoms with E-state index in [1.54, 1.807) is 19.6 Å². The molecule has 0 unspecified atom stereocenters. The molecule has 2 aromatic rings. The first-order chi connectivity index (χ1) is 11.8. The Hall–Kier alpha value is -2.15. The van der Waals surface area contributed by atoms with Crippen LogP contribution in [-0.2, 0) is 6.54 Å². The van der Waals surface area contributed by atoms with Crippen molar-refractivity contribution in [2.45, 2.75) is 44.3 Å². The summed E-state index contributed by atoms with van der Waals surface area (Å²) in [5.41, 5.74) is 0. The van der Waals surface area contributed by atoms with Crippen LogP contribution in [0.1, 0.15) is 31.4 Å². The first-order valence-corrected chi connectivity index (χ1v) is 8.60. The number of rotatable bonds is 6. The van der Waals surface area contributed by atoms with Crippen LogP contribution in [0.25, 0.3) is 0 Å². The van der Waals surface area contributed by atoms with Crippen LogP contribution in [0.4, 0.5) is 5.82 Å². The average Bonchev–Trinajstić information content (AvgIpc) is 3.32. The summed E-state index contributed by atoms with van der Waals surface area (Å²) in [7, 11) is 1.65. The molecule has 1 saturated heterocycles. The molecule has 1 aliphatic carbocycles. The molecule has 2 fully saturated rings. The lowest BCUT2D eigenvalue weighted by Crippen LogP contribution is -2.46. The predicted octanol–water partition coefficient (Wildman–Crippen LogP) is 2.11. The Morgan fingerprint density at radius 1 is 1.21 bits per heavy atom. The third-order valence-electron chi connectivity index (χ3n) is 4.86. The number of aromatic nitrogens is 3. The molecule has 0 bridgehead atoms. The summed E-state index contributed by atoms with van der Waals surface area (Å²) in [4.78, 5) is 13.6. The molecule has 2 aromatic heterocycles. The number of hydrogen-bond acceptors (Lipinski definition) is 7. The number of methoxy groups -OCH3 is 1. The van der Waals surface area contributed by atoms with Gasteiger partial charge < -0.3 is 14.2 Å². The first kappa shape index (κ1) is 15.4. The van der Waals surface area contributed by atoms with E-state index < -0.39 is 0 Å². The molecular formula is C17H23N5O2. The second-order valence-electron chi connectivity index (χ2n) is 6.54. The lowest BCUT2D eigenvalue weighted by molar-refractivity contribution is 0.181. The van der Waals surface area contributed by atoms with Crippen LogP contribution in [0, 0.1) is 0 Å². The minimum absolute atomic E-state index is 0.531. The zero-order chi connectivity index (χ0) is 16.4. The molecule has 0 atom stereocenters. The van der Waals surface area contributed by atoms with Gasteiger partial charge in [-0.1, -0.05) is 5.16 Å². The molecule has 0 N–H and O–H groups in total. The molecule has 0 amide bonds. The Labute approximate surface area is 141 Å². The van der Waals surface area contributed by atoms with E-state index in [1.165, 1.54) is 12.8 Å². The number of hydrogen-bond donors (Lipinski definition) is 0. The zero-order valence-corrected chi connectivity index (χ0v) is 14.0. The van der Waals surface area contributed by atoms with Gasteiger partial charge in [0, 0.05) is 37.3 Å². The normalized spacial score (nSPS) is 19.4. The highest BCUT2D eigenvalue weighted by atomic mass is 16.5. The summed E-state index contributed by atoms with van der Waals surface area (Å²) >= 11 is 0. The quantitative estimate of drug-likeness (QED) is 0.804. The molecular weight excluding hydrogens is 306 g/mol. The van der Waals surface area contributed by atoms with Gasteiger partial charge in [0.1, 0.15) is 12.1 Å². The second kappa shape index (κ2) is 6.76. The Morgan fingerprint density at radius 2 is 2.00 bits per heavy atom. The molecule has 24 heavy (non-hydrogen) atoms. The number of piperidine rings is 1. The van der Waals surface area contributed by atoms with Crippen LogP contribution < -0.4 is 9.64 Å². The van der Waals surface area contributed by atoms with Crippen LogP contribution in [0.2, 0.25) is 0 Å². The van der Waals surface area contributed by atoms with Crippen molar-refractivity contribution in [1.82, 2.24) is 20.0 Å². The van der Waals surface area contributed by atoms with Crippen molar-refractivity contribution in [3.8, 4) is 5.88 Å². The summed E-state index contributed by atoms with van der Waals surface area (Å²) in [6.45, 7) is 2.98. The number of likely N-dealkylation sites (tertiary alicyclic amines) is 1. The van der Waals surface area contributed by atoms with Crippen molar-refractivity contribution in [2.24, 2.45) is 0 Å². The van der Waals surface area contributed by atoms with Crippen LogP contribution in [0.3, 0.4) is 0 Å². The van der Waals surface area contributed by atoms with E-state index in [0.717, 1.165) is 44.1 Å². The van der Waals surface area contributed by atoms with E-state index in [0.29, 0.717) is 18.0 Å². The molecule has 1 saturated carbocycles. The minimum atomic E-state index is 0.531. The van der Waals surface area contributed by atoms with Crippen molar-refractivity contribution in [3.63, 3.8) is 0 Å². The predicted molar refractivity (Wildman–Crippen MR) is 88.9 cm³/mol. The Balaban J connectivity index is 1.42. The number of nitrogens with zero attached hydrogens (tertiary/aromatic N) is 5. The zero-order valence-electron chi connectivity index (χ0n) is 14.0. The van der Waals surface area contributed by atoms with E-state index >= 15 is 0 Å². The number of ether oxygens (including phenoxy) is 1. The highest BCUT2D eigenvalue weighted by Gasteiger charge is 2.36. The Bertz CT molecular complexity index is 651. The van der Waals surface area contributed by atoms with Crippen LogP contribution in [-0.4, -0.2) is 52.3 Å². The van der Waals surface area contributed by atoms with Crippen LogP contribution >= 0.6 is 0 Å². The summed E-state index contributed by atoms with van der Waals surface area (Å²) in [5, 5.41) is 3.78. The molecule has 0 radical (unpaired) electrons. The lowest BCUT2D eigenvalue weighted by Gasteiger charge is -2.39. The van der Waals surface area contributed by atoms with E-state index in [-0.39, 0.29) is 0 Å². The summed E-state index contributed by atoms with van der Waals surface area (Å²) in [6, 6.07) is 5.05. The average molecular weight is 329 g/mol. The second-order valence-corrected chi connectivity index (χ2v) is 6.54. The molecule has 1 aliphatic heterocycles. The van der Waals surface area contributed by atoms with Gasteiger partial charge in [-0.2, -0.15) is 0 Å². The monoisotopic (exact) mass is 329 g/mol. The SMILES string of the molecule is COc1cc(N(C2CC2)C2CCN(Cc3ccno3)CC2)ncn1. The fraction of sp³-hybridized carbons (Fsp3) is 0.588.